The van der Waals surface area contributed by atoms with E-state index in [4.69, 9.17) is 23.2 Å². The van der Waals surface area contributed by atoms with Gasteiger partial charge in [0.25, 0.3) is 0 Å². The number of hydrogen-bond acceptors (Lipinski definition) is 2. The van der Waals surface area contributed by atoms with Gasteiger partial charge in [-0.15, -0.1) is 11.8 Å². The van der Waals surface area contributed by atoms with Crippen LogP contribution in [0.1, 0.15) is 16.7 Å². The highest BCUT2D eigenvalue weighted by Gasteiger charge is 2.19. The van der Waals surface area contributed by atoms with Crippen LogP contribution in [-0.2, 0) is 23.5 Å². The van der Waals surface area contributed by atoms with Crippen molar-refractivity contribution in [2.24, 2.45) is 0 Å². The molecule has 0 aliphatic carbocycles. The third-order valence-corrected chi connectivity index (χ3v) is 5.69. The first-order chi connectivity index (χ1) is 11.1. The summed E-state index contributed by atoms with van der Waals surface area (Å²) in [6, 6.07) is 14.0. The van der Waals surface area contributed by atoms with Crippen LogP contribution in [0.2, 0.25) is 10.0 Å². The Morgan fingerprint density at radius 2 is 1.87 bits per heavy atom. The van der Waals surface area contributed by atoms with E-state index in [1.807, 2.05) is 23.1 Å². The van der Waals surface area contributed by atoms with Crippen LogP contribution in [-0.4, -0.2) is 23.1 Å². The Balaban J connectivity index is 1.51. The number of carbonyl (C=O) groups excluding carboxylic acids is 1. The lowest BCUT2D eigenvalue weighted by Crippen LogP contribution is -2.37. The molecule has 0 spiro atoms. The molecule has 1 amide bonds. The largest absolute Gasteiger partial charge is 0.337 e. The second-order valence-corrected chi connectivity index (χ2v) is 7.38. The van der Waals surface area contributed by atoms with Gasteiger partial charge in [-0.25, -0.2) is 0 Å². The molecule has 2 aromatic rings. The quantitative estimate of drug-likeness (QED) is 0.774. The van der Waals surface area contributed by atoms with Crippen LogP contribution < -0.4 is 0 Å². The van der Waals surface area contributed by atoms with Crippen molar-refractivity contribution in [3.8, 4) is 0 Å². The van der Waals surface area contributed by atoms with Gasteiger partial charge in [0.15, 0.2) is 0 Å². The molecule has 0 fully saturated rings. The summed E-state index contributed by atoms with van der Waals surface area (Å²) in [5.74, 6) is 1.44. The first-order valence-corrected chi connectivity index (χ1v) is 9.41. The molecule has 0 atom stereocenters. The predicted molar refractivity (Wildman–Crippen MR) is 98.2 cm³/mol. The third-order valence-electron chi connectivity index (χ3n) is 3.96. The van der Waals surface area contributed by atoms with Gasteiger partial charge < -0.3 is 4.90 Å². The molecule has 0 aromatic heterocycles. The van der Waals surface area contributed by atoms with Gasteiger partial charge in [-0.2, -0.15) is 0 Å². The van der Waals surface area contributed by atoms with Crippen molar-refractivity contribution in [3.63, 3.8) is 0 Å². The lowest BCUT2D eigenvalue weighted by molar-refractivity contribution is -0.129. The fraction of sp³-hybridized carbons (Fsp3) is 0.278. The zero-order valence-corrected chi connectivity index (χ0v) is 14.9. The first-order valence-electron chi connectivity index (χ1n) is 7.50. The normalized spacial score (nSPS) is 13.7. The Labute approximate surface area is 150 Å². The van der Waals surface area contributed by atoms with Crippen molar-refractivity contribution < 1.29 is 4.79 Å². The molecule has 0 radical (unpaired) electrons. The van der Waals surface area contributed by atoms with Crippen molar-refractivity contribution in [2.45, 2.75) is 18.7 Å². The summed E-state index contributed by atoms with van der Waals surface area (Å²) in [6.45, 7) is 1.53. The van der Waals surface area contributed by atoms with E-state index < -0.39 is 0 Å². The summed E-state index contributed by atoms with van der Waals surface area (Å²) in [6.07, 6.45) is 0.944. The third kappa shape index (κ3) is 4.23. The van der Waals surface area contributed by atoms with E-state index in [9.17, 15) is 4.79 Å². The minimum atomic E-state index is 0.199. The van der Waals surface area contributed by atoms with Gasteiger partial charge in [0.05, 0.1) is 15.8 Å². The lowest BCUT2D eigenvalue weighted by Gasteiger charge is -2.28. The van der Waals surface area contributed by atoms with Crippen molar-refractivity contribution in [3.05, 3.63) is 69.2 Å². The summed E-state index contributed by atoms with van der Waals surface area (Å²) in [4.78, 5) is 14.3. The monoisotopic (exact) mass is 365 g/mol. The summed E-state index contributed by atoms with van der Waals surface area (Å²) in [5.41, 5.74) is 3.71. The van der Waals surface area contributed by atoms with Gasteiger partial charge in [0.2, 0.25) is 5.91 Å². The van der Waals surface area contributed by atoms with Gasteiger partial charge in [0, 0.05) is 18.8 Å². The summed E-state index contributed by atoms with van der Waals surface area (Å²) < 4.78 is 0. The number of halogens is 2. The van der Waals surface area contributed by atoms with E-state index in [0.717, 1.165) is 30.8 Å². The number of hydrogen-bond donors (Lipinski definition) is 0. The smallest absolute Gasteiger partial charge is 0.232 e. The number of nitrogens with zero attached hydrogens (tertiary/aromatic N) is 1. The fourth-order valence-corrected chi connectivity index (χ4v) is 3.88. The standard InChI is InChI=1S/C18H17Cl2NOS/c19-16-6-5-13(9-17(16)20)11-23-12-18(22)21-8-7-14-3-1-2-4-15(14)10-21/h1-6,9H,7-8,10-12H2. The predicted octanol–water partition coefficient (Wildman–Crippen LogP) is 4.81. The number of amides is 1. The average Bonchev–Trinajstić information content (AvgIpc) is 2.57. The van der Waals surface area contributed by atoms with E-state index in [0.29, 0.717) is 15.8 Å². The number of benzene rings is 2. The number of rotatable bonds is 4. The average molecular weight is 366 g/mol. The molecule has 0 unspecified atom stereocenters. The molecule has 1 heterocycles. The maximum Gasteiger partial charge on any atom is 0.232 e. The second kappa shape index (κ2) is 7.61. The van der Waals surface area contributed by atoms with Crippen LogP contribution in [0.5, 0.6) is 0 Å². The molecule has 2 aromatic carbocycles. The Bertz CT molecular complexity index is 720. The van der Waals surface area contributed by atoms with Gasteiger partial charge >= 0.3 is 0 Å². The molecule has 3 rings (SSSR count). The molecule has 0 saturated carbocycles. The summed E-state index contributed by atoms with van der Waals surface area (Å²) in [7, 11) is 0. The molecule has 1 aliphatic heterocycles. The van der Waals surface area contributed by atoms with Gasteiger partial charge in [-0.05, 0) is 35.2 Å². The Morgan fingerprint density at radius 3 is 2.65 bits per heavy atom. The van der Waals surface area contributed by atoms with Crippen molar-refractivity contribution in [1.82, 2.24) is 4.90 Å². The highest BCUT2D eigenvalue weighted by Crippen LogP contribution is 2.25. The highest BCUT2D eigenvalue weighted by atomic mass is 35.5. The van der Waals surface area contributed by atoms with Crippen molar-refractivity contribution in [1.29, 1.82) is 0 Å². The molecule has 0 saturated heterocycles. The zero-order valence-electron chi connectivity index (χ0n) is 12.6. The zero-order chi connectivity index (χ0) is 16.2. The maximum absolute atomic E-state index is 12.4. The molecule has 0 bridgehead atoms. The molecule has 1 aliphatic rings. The summed E-state index contributed by atoms with van der Waals surface area (Å²) in [5, 5.41) is 1.12. The Morgan fingerprint density at radius 1 is 1.09 bits per heavy atom. The lowest BCUT2D eigenvalue weighted by atomic mass is 10.00. The SMILES string of the molecule is O=C(CSCc1ccc(Cl)c(Cl)c1)N1CCc2ccccc2C1. The van der Waals surface area contributed by atoms with Gasteiger partial charge in [-0.3, -0.25) is 4.79 Å². The topological polar surface area (TPSA) is 20.3 Å². The molecule has 23 heavy (non-hydrogen) atoms. The highest BCUT2D eigenvalue weighted by molar-refractivity contribution is 7.99. The minimum Gasteiger partial charge on any atom is -0.337 e. The first kappa shape index (κ1) is 16.7. The van der Waals surface area contributed by atoms with Crippen LogP contribution in [0.3, 0.4) is 0 Å². The van der Waals surface area contributed by atoms with Gasteiger partial charge in [-0.1, -0.05) is 53.5 Å². The molecule has 120 valence electrons. The van der Waals surface area contributed by atoms with Crippen LogP contribution in [0.15, 0.2) is 42.5 Å². The number of fused-ring (bicyclic) bond motifs is 1. The van der Waals surface area contributed by atoms with Crippen molar-refractivity contribution >= 4 is 40.9 Å². The molecule has 2 nitrogen and oxygen atoms in total. The number of thioether (sulfide) groups is 1. The fourth-order valence-electron chi connectivity index (χ4n) is 2.69. The Hall–Kier alpha value is -1.16. The van der Waals surface area contributed by atoms with Gasteiger partial charge in [0.1, 0.15) is 0 Å². The van der Waals surface area contributed by atoms with Crippen LogP contribution in [0.25, 0.3) is 0 Å². The summed E-state index contributed by atoms with van der Waals surface area (Å²) >= 11 is 13.5. The van der Waals surface area contributed by atoms with E-state index in [1.165, 1.54) is 11.1 Å². The molecular weight excluding hydrogens is 349 g/mol. The van der Waals surface area contributed by atoms with E-state index >= 15 is 0 Å². The molecule has 0 N–H and O–H groups in total. The van der Waals surface area contributed by atoms with Crippen LogP contribution >= 0.6 is 35.0 Å². The maximum atomic E-state index is 12.4. The second-order valence-electron chi connectivity index (χ2n) is 5.58. The minimum absolute atomic E-state index is 0.199. The molecular formula is C18H17Cl2NOS. The van der Waals surface area contributed by atoms with Crippen molar-refractivity contribution in [2.75, 3.05) is 12.3 Å². The van der Waals surface area contributed by atoms with Crippen LogP contribution in [0, 0.1) is 0 Å². The van der Waals surface area contributed by atoms with E-state index in [2.05, 4.69) is 18.2 Å². The number of carbonyl (C=O) groups is 1. The Kier molecular flexibility index (Phi) is 5.52. The van der Waals surface area contributed by atoms with E-state index in [1.54, 1.807) is 17.8 Å². The van der Waals surface area contributed by atoms with Crippen LogP contribution in [0.4, 0.5) is 0 Å². The van der Waals surface area contributed by atoms with E-state index in [-0.39, 0.29) is 5.91 Å². The molecule has 5 heteroatoms.